The van der Waals surface area contributed by atoms with E-state index in [1.165, 1.54) is 0 Å². The van der Waals surface area contributed by atoms with Crippen molar-refractivity contribution in [3.8, 4) is 11.5 Å². The Labute approximate surface area is 121 Å². The molecular formula is C15H13N3O3. The molecule has 0 radical (unpaired) electrons. The number of fused-ring (bicyclic) bond motifs is 1. The summed E-state index contributed by atoms with van der Waals surface area (Å²) in [4.78, 5) is 16.0. The van der Waals surface area contributed by atoms with E-state index < -0.39 is 0 Å². The second-order valence-electron chi connectivity index (χ2n) is 4.44. The fourth-order valence-corrected chi connectivity index (χ4v) is 1.89. The highest BCUT2D eigenvalue weighted by molar-refractivity contribution is 6.00. The molecule has 1 aromatic carbocycles. The van der Waals surface area contributed by atoms with Crippen molar-refractivity contribution < 1.29 is 14.3 Å². The summed E-state index contributed by atoms with van der Waals surface area (Å²) < 4.78 is 10.4. The van der Waals surface area contributed by atoms with E-state index in [0.717, 1.165) is 5.56 Å². The zero-order chi connectivity index (χ0) is 14.7. The van der Waals surface area contributed by atoms with Crippen LogP contribution in [0.3, 0.4) is 0 Å². The molecule has 2 heterocycles. The Kier molecular flexibility index (Phi) is 3.51. The van der Waals surface area contributed by atoms with Gasteiger partial charge in [-0.25, -0.2) is 5.43 Å². The normalized spacial score (nSPS) is 13.1. The molecule has 0 atom stereocenters. The van der Waals surface area contributed by atoms with Crippen LogP contribution in [-0.2, 0) is 0 Å². The summed E-state index contributed by atoms with van der Waals surface area (Å²) in [6, 6.07) is 8.66. The van der Waals surface area contributed by atoms with Crippen LogP contribution < -0.4 is 14.9 Å². The van der Waals surface area contributed by atoms with Gasteiger partial charge in [0.25, 0.3) is 5.91 Å². The molecule has 6 heteroatoms. The molecule has 0 bridgehead atoms. The van der Waals surface area contributed by atoms with Crippen LogP contribution >= 0.6 is 0 Å². The Morgan fingerprint density at radius 3 is 2.71 bits per heavy atom. The number of nitrogens with one attached hydrogen (secondary N) is 1. The first-order chi connectivity index (χ1) is 10.2. The number of hydrogen-bond acceptors (Lipinski definition) is 5. The highest BCUT2D eigenvalue weighted by atomic mass is 16.7. The van der Waals surface area contributed by atoms with Gasteiger partial charge >= 0.3 is 0 Å². The minimum atomic E-state index is -0.304. The van der Waals surface area contributed by atoms with Crippen molar-refractivity contribution >= 4 is 11.6 Å². The van der Waals surface area contributed by atoms with E-state index in [1.54, 1.807) is 30.6 Å². The molecule has 0 saturated carbocycles. The lowest BCUT2D eigenvalue weighted by atomic mass is 10.2. The van der Waals surface area contributed by atoms with Gasteiger partial charge in [-0.2, -0.15) is 5.10 Å². The number of pyridine rings is 1. The molecule has 1 N–H and O–H groups in total. The first kappa shape index (κ1) is 13.1. The average Bonchev–Trinajstić information content (AvgIpc) is 3.00. The lowest BCUT2D eigenvalue weighted by molar-refractivity contribution is 0.0954. The molecule has 1 aliphatic heterocycles. The monoisotopic (exact) mass is 283 g/mol. The number of rotatable bonds is 3. The second kappa shape index (κ2) is 5.62. The maximum Gasteiger partial charge on any atom is 0.271 e. The van der Waals surface area contributed by atoms with Crippen LogP contribution in [0.15, 0.2) is 47.8 Å². The molecule has 0 fully saturated rings. The largest absolute Gasteiger partial charge is 0.454 e. The van der Waals surface area contributed by atoms with Crippen LogP contribution in [0.25, 0.3) is 0 Å². The van der Waals surface area contributed by atoms with Gasteiger partial charge in [0.2, 0.25) is 6.79 Å². The molecule has 0 aliphatic carbocycles. The molecule has 2 aromatic rings. The van der Waals surface area contributed by atoms with Crippen molar-refractivity contribution in [3.63, 3.8) is 0 Å². The van der Waals surface area contributed by atoms with E-state index in [9.17, 15) is 4.79 Å². The van der Waals surface area contributed by atoms with Crippen molar-refractivity contribution in [2.24, 2.45) is 5.10 Å². The molecule has 3 rings (SSSR count). The number of hydrazone groups is 1. The molecule has 0 unspecified atom stereocenters. The van der Waals surface area contributed by atoms with Gasteiger partial charge in [-0.05, 0) is 37.3 Å². The van der Waals surface area contributed by atoms with Gasteiger partial charge in [-0.3, -0.25) is 9.78 Å². The molecule has 0 spiro atoms. The molecular weight excluding hydrogens is 270 g/mol. The molecule has 1 aliphatic rings. The van der Waals surface area contributed by atoms with Gasteiger partial charge in [0.05, 0.1) is 5.71 Å². The molecule has 1 aromatic heterocycles. The van der Waals surface area contributed by atoms with E-state index >= 15 is 0 Å². The highest BCUT2D eigenvalue weighted by Gasteiger charge is 2.15. The summed E-state index contributed by atoms with van der Waals surface area (Å²) in [6.07, 6.45) is 3.35. The second-order valence-corrected chi connectivity index (χ2v) is 4.44. The lowest BCUT2D eigenvalue weighted by Crippen LogP contribution is -2.19. The lowest BCUT2D eigenvalue weighted by Gasteiger charge is -2.03. The zero-order valence-corrected chi connectivity index (χ0v) is 11.4. The van der Waals surface area contributed by atoms with E-state index in [0.29, 0.717) is 22.8 Å². The van der Waals surface area contributed by atoms with Crippen molar-refractivity contribution in [1.29, 1.82) is 0 Å². The summed E-state index contributed by atoms with van der Waals surface area (Å²) in [5.41, 5.74) is 4.58. The number of carbonyl (C=O) groups excluding carboxylic acids is 1. The smallest absolute Gasteiger partial charge is 0.271 e. The predicted octanol–water partition coefficient (Wildman–Crippen LogP) is 1.96. The fourth-order valence-electron chi connectivity index (χ4n) is 1.89. The molecule has 1 amide bonds. The van der Waals surface area contributed by atoms with E-state index in [2.05, 4.69) is 15.5 Å². The summed E-state index contributed by atoms with van der Waals surface area (Å²) in [5.74, 6) is 0.905. The first-order valence-corrected chi connectivity index (χ1v) is 6.39. The van der Waals surface area contributed by atoms with Crippen molar-refractivity contribution in [2.75, 3.05) is 6.79 Å². The Morgan fingerprint density at radius 1 is 1.14 bits per heavy atom. The van der Waals surface area contributed by atoms with Crippen LogP contribution in [0.5, 0.6) is 11.5 Å². The van der Waals surface area contributed by atoms with Crippen LogP contribution in [-0.4, -0.2) is 23.4 Å². The molecule has 0 saturated heterocycles. The van der Waals surface area contributed by atoms with Gasteiger partial charge in [-0.1, -0.05) is 0 Å². The Hall–Kier alpha value is -2.89. The summed E-state index contributed by atoms with van der Waals surface area (Å²) in [5, 5.41) is 4.08. The van der Waals surface area contributed by atoms with Crippen LogP contribution in [0.2, 0.25) is 0 Å². The van der Waals surface area contributed by atoms with E-state index in [1.807, 2.05) is 19.1 Å². The van der Waals surface area contributed by atoms with Gasteiger partial charge in [0.1, 0.15) is 0 Å². The minimum Gasteiger partial charge on any atom is -0.454 e. The van der Waals surface area contributed by atoms with Crippen molar-refractivity contribution in [3.05, 3.63) is 53.9 Å². The van der Waals surface area contributed by atoms with E-state index in [-0.39, 0.29) is 12.7 Å². The average molecular weight is 283 g/mol. The molecule has 21 heavy (non-hydrogen) atoms. The zero-order valence-electron chi connectivity index (χ0n) is 11.4. The van der Waals surface area contributed by atoms with Gasteiger partial charge in [0.15, 0.2) is 11.5 Å². The number of hydrogen-bond donors (Lipinski definition) is 1. The number of aromatic nitrogens is 1. The third-order valence-corrected chi connectivity index (χ3v) is 3.06. The predicted molar refractivity (Wildman–Crippen MR) is 76.5 cm³/mol. The summed E-state index contributed by atoms with van der Waals surface area (Å²) in [6.45, 7) is 2.00. The SMILES string of the molecule is C/C(=N\NC(=O)c1ccc2c(c1)OCO2)c1ccncc1. The first-order valence-electron chi connectivity index (χ1n) is 6.39. The van der Waals surface area contributed by atoms with Crippen LogP contribution in [0.4, 0.5) is 0 Å². The van der Waals surface area contributed by atoms with Crippen LogP contribution in [0, 0.1) is 0 Å². The number of amides is 1. The molecule has 106 valence electrons. The van der Waals surface area contributed by atoms with Crippen molar-refractivity contribution in [2.45, 2.75) is 6.92 Å². The van der Waals surface area contributed by atoms with Gasteiger partial charge in [0, 0.05) is 23.5 Å². The quantitative estimate of drug-likeness (QED) is 0.690. The number of benzene rings is 1. The topological polar surface area (TPSA) is 72.8 Å². The Morgan fingerprint density at radius 2 is 1.90 bits per heavy atom. The third kappa shape index (κ3) is 2.84. The maximum atomic E-state index is 12.1. The number of ether oxygens (including phenoxy) is 2. The number of carbonyl (C=O) groups is 1. The summed E-state index contributed by atoms with van der Waals surface area (Å²) in [7, 11) is 0. The Bertz CT molecular complexity index is 699. The van der Waals surface area contributed by atoms with Gasteiger partial charge < -0.3 is 9.47 Å². The fraction of sp³-hybridized carbons (Fsp3) is 0.133. The van der Waals surface area contributed by atoms with Gasteiger partial charge in [-0.15, -0.1) is 0 Å². The van der Waals surface area contributed by atoms with Crippen LogP contribution in [0.1, 0.15) is 22.8 Å². The third-order valence-electron chi connectivity index (χ3n) is 3.06. The highest BCUT2D eigenvalue weighted by Crippen LogP contribution is 2.32. The minimum absolute atomic E-state index is 0.180. The van der Waals surface area contributed by atoms with Crippen molar-refractivity contribution in [1.82, 2.24) is 10.4 Å². The standard InChI is InChI=1S/C15H13N3O3/c1-10(11-4-6-16-7-5-11)17-18-15(19)12-2-3-13-14(8-12)21-9-20-13/h2-8H,9H2,1H3,(H,18,19)/b17-10+. The van der Waals surface area contributed by atoms with E-state index in [4.69, 9.17) is 9.47 Å². The molecule has 6 nitrogen and oxygen atoms in total. The summed E-state index contributed by atoms with van der Waals surface area (Å²) >= 11 is 0. The Balaban J connectivity index is 1.72. The number of nitrogens with zero attached hydrogens (tertiary/aromatic N) is 2. The maximum absolute atomic E-state index is 12.1.